The van der Waals surface area contributed by atoms with E-state index >= 15 is 0 Å². The fourth-order valence-electron chi connectivity index (χ4n) is 2.98. The van der Waals surface area contributed by atoms with E-state index in [1.807, 2.05) is 54.6 Å². The molecule has 6 heteroatoms. The van der Waals surface area contributed by atoms with Crippen LogP contribution in [0.5, 0.6) is 5.75 Å². The summed E-state index contributed by atoms with van der Waals surface area (Å²) in [5.74, 6) is 1.02. The van der Waals surface area contributed by atoms with Gasteiger partial charge in [-0.25, -0.2) is 0 Å². The zero-order valence-corrected chi connectivity index (χ0v) is 18.2. The van der Waals surface area contributed by atoms with Crippen LogP contribution in [0.1, 0.15) is 33.6 Å². The zero-order valence-electron chi connectivity index (χ0n) is 17.4. The Morgan fingerprint density at radius 2 is 1.59 bits per heavy atom. The minimum atomic E-state index is -0.330. The minimum absolute atomic E-state index is 0.00183. The van der Waals surface area contributed by atoms with E-state index in [-0.39, 0.29) is 24.1 Å². The number of rotatable bonds is 8. The highest BCUT2D eigenvalue weighted by molar-refractivity contribution is 7.99. The van der Waals surface area contributed by atoms with Crippen LogP contribution in [0.15, 0.2) is 105 Å². The number of carbonyl (C=O) groups excluding carboxylic acids is 2. The molecule has 1 N–H and O–H groups in total. The molecule has 0 saturated heterocycles. The summed E-state index contributed by atoms with van der Waals surface area (Å²) in [4.78, 5) is 26.1. The topological polar surface area (TPSA) is 68.5 Å². The second kappa shape index (κ2) is 10.0. The molecule has 4 aromatic rings. The van der Waals surface area contributed by atoms with Crippen molar-refractivity contribution in [1.82, 2.24) is 0 Å². The van der Waals surface area contributed by atoms with Crippen molar-refractivity contribution >= 4 is 29.1 Å². The molecule has 0 unspecified atom stereocenters. The molecular weight excluding hydrogens is 422 g/mol. The number of furan rings is 1. The van der Waals surface area contributed by atoms with Crippen LogP contribution >= 0.6 is 11.8 Å². The van der Waals surface area contributed by atoms with Crippen molar-refractivity contribution < 1.29 is 18.7 Å². The van der Waals surface area contributed by atoms with Crippen molar-refractivity contribution in [3.8, 4) is 5.75 Å². The number of amides is 1. The second-order valence-corrected chi connectivity index (χ2v) is 8.12. The summed E-state index contributed by atoms with van der Waals surface area (Å²) in [5.41, 5.74) is 1.34. The van der Waals surface area contributed by atoms with E-state index in [2.05, 4.69) is 5.32 Å². The summed E-state index contributed by atoms with van der Waals surface area (Å²) in [5, 5.41) is 2.92. The number of ketones is 1. The zero-order chi connectivity index (χ0) is 22.3. The molecule has 1 aromatic heterocycles. The molecule has 0 bridgehead atoms. The largest absolute Gasteiger partial charge is 0.486 e. The molecule has 1 amide bonds. The number of ether oxygens (including phenoxy) is 1. The van der Waals surface area contributed by atoms with Crippen LogP contribution < -0.4 is 10.1 Å². The Morgan fingerprint density at radius 3 is 2.34 bits per heavy atom. The van der Waals surface area contributed by atoms with E-state index < -0.39 is 0 Å². The fraction of sp³-hybridized carbons (Fsp3) is 0.0769. The van der Waals surface area contributed by atoms with Gasteiger partial charge in [0.25, 0.3) is 5.91 Å². The third kappa shape index (κ3) is 5.47. The Hall–Kier alpha value is -3.77. The normalized spacial score (nSPS) is 10.5. The molecule has 0 saturated carbocycles. The van der Waals surface area contributed by atoms with Crippen LogP contribution in [0.4, 0.5) is 5.69 Å². The molecule has 3 aromatic carbocycles. The van der Waals surface area contributed by atoms with Crippen molar-refractivity contribution in [2.45, 2.75) is 23.3 Å². The first kappa shape index (κ1) is 21.5. The molecular formula is C26H21NO4S. The monoisotopic (exact) mass is 443 g/mol. The lowest BCUT2D eigenvalue weighted by molar-refractivity contribution is 0.0990. The first-order valence-electron chi connectivity index (χ1n) is 10.0. The van der Waals surface area contributed by atoms with Gasteiger partial charge in [0.05, 0.1) is 5.69 Å². The van der Waals surface area contributed by atoms with E-state index in [9.17, 15) is 9.59 Å². The van der Waals surface area contributed by atoms with E-state index in [0.29, 0.717) is 22.8 Å². The van der Waals surface area contributed by atoms with Gasteiger partial charge in [0, 0.05) is 15.4 Å². The Morgan fingerprint density at radius 1 is 0.875 bits per heavy atom. The predicted molar refractivity (Wildman–Crippen MR) is 124 cm³/mol. The molecule has 32 heavy (non-hydrogen) atoms. The molecule has 0 spiro atoms. The highest BCUT2D eigenvalue weighted by Gasteiger charge is 2.14. The number of nitrogens with one attached hydrogen (secondary N) is 1. The average molecular weight is 444 g/mol. The predicted octanol–water partition coefficient (Wildman–Crippen LogP) is 6.46. The van der Waals surface area contributed by atoms with Crippen molar-refractivity contribution in [1.29, 1.82) is 0 Å². The van der Waals surface area contributed by atoms with Gasteiger partial charge in [0.2, 0.25) is 0 Å². The second-order valence-electron chi connectivity index (χ2n) is 7.00. The van der Waals surface area contributed by atoms with E-state index in [1.54, 1.807) is 48.2 Å². The molecule has 4 rings (SSSR count). The summed E-state index contributed by atoms with van der Waals surface area (Å²) < 4.78 is 11.3. The summed E-state index contributed by atoms with van der Waals surface area (Å²) in [6, 6.07) is 27.8. The Balaban J connectivity index is 1.38. The molecule has 0 atom stereocenters. The summed E-state index contributed by atoms with van der Waals surface area (Å²) in [7, 11) is 0. The van der Waals surface area contributed by atoms with Crippen molar-refractivity contribution in [3.63, 3.8) is 0 Å². The molecule has 160 valence electrons. The maximum atomic E-state index is 12.7. The highest BCUT2D eigenvalue weighted by atomic mass is 32.2. The van der Waals surface area contributed by atoms with E-state index in [1.165, 1.54) is 6.92 Å². The standard InChI is InChI=1S/C26H21NO4S/c1-18(28)19-11-13-20(14-12-19)30-17-21-15-16-24(31-21)26(29)27-23-9-5-6-10-25(23)32-22-7-3-2-4-8-22/h2-16H,17H2,1H3,(H,27,29). The van der Waals surface area contributed by atoms with Crippen LogP contribution in [0, 0.1) is 0 Å². The lowest BCUT2D eigenvalue weighted by Crippen LogP contribution is -2.11. The molecule has 0 radical (unpaired) electrons. The number of hydrogen-bond donors (Lipinski definition) is 1. The fourth-order valence-corrected chi connectivity index (χ4v) is 3.90. The van der Waals surface area contributed by atoms with Gasteiger partial charge < -0.3 is 14.5 Å². The van der Waals surface area contributed by atoms with Crippen molar-refractivity contribution in [2.75, 3.05) is 5.32 Å². The Kier molecular flexibility index (Phi) is 6.72. The third-order valence-electron chi connectivity index (χ3n) is 4.63. The molecule has 0 fully saturated rings. The number of carbonyl (C=O) groups is 2. The van der Waals surface area contributed by atoms with Gasteiger partial charge in [-0.3, -0.25) is 9.59 Å². The van der Waals surface area contributed by atoms with Gasteiger partial charge in [-0.05, 0) is 67.6 Å². The van der Waals surface area contributed by atoms with E-state index in [4.69, 9.17) is 9.15 Å². The maximum Gasteiger partial charge on any atom is 0.291 e. The number of Topliss-reactive ketones (excluding diaryl/α,β-unsaturated/α-hetero) is 1. The molecule has 0 aliphatic rings. The molecule has 1 heterocycles. The van der Waals surface area contributed by atoms with Gasteiger partial charge >= 0.3 is 0 Å². The summed E-state index contributed by atoms with van der Waals surface area (Å²) in [6.45, 7) is 1.69. The number of benzene rings is 3. The molecule has 5 nitrogen and oxygen atoms in total. The minimum Gasteiger partial charge on any atom is -0.486 e. The number of anilines is 1. The smallest absolute Gasteiger partial charge is 0.291 e. The Bertz CT molecular complexity index is 1220. The molecule has 0 aliphatic heterocycles. The first-order valence-corrected chi connectivity index (χ1v) is 10.9. The van der Waals surface area contributed by atoms with Gasteiger partial charge in [-0.1, -0.05) is 42.1 Å². The SMILES string of the molecule is CC(=O)c1ccc(OCc2ccc(C(=O)Nc3ccccc3Sc3ccccc3)o2)cc1. The van der Waals surface area contributed by atoms with Crippen molar-refractivity contribution in [2.24, 2.45) is 0 Å². The van der Waals surface area contributed by atoms with Crippen LogP contribution in [0.3, 0.4) is 0 Å². The van der Waals surface area contributed by atoms with Crippen LogP contribution in [-0.2, 0) is 6.61 Å². The van der Waals surface area contributed by atoms with Gasteiger partial charge in [-0.15, -0.1) is 0 Å². The van der Waals surface area contributed by atoms with E-state index in [0.717, 1.165) is 9.79 Å². The van der Waals surface area contributed by atoms with Crippen LogP contribution in [0.2, 0.25) is 0 Å². The third-order valence-corrected chi connectivity index (χ3v) is 5.72. The van der Waals surface area contributed by atoms with Crippen LogP contribution in [0.25, 0.3) is 0 Å². The van der Waals surface area contributed by atoms with Crippen LogP contribution in [-0.4, -0.2) is 11.7 Å². The first-order chi connectivity index (χ1) is 15.6. The summed E-state index contributed by atoms with van der Waals surface area (Å²) in [6.07, 6.45) is 0. The van der Waals surface area contributed by atoms with Gasteiger partial charge in [0.15, 0.2) is 11.5 Å². The lowest BCUT2D eigenvalue weighted by Gasteiger charge is -2.10. The summed E-state index contributed by atoms with van der Waals surface area (Å²) >= 11 is 1.58. The number of para-hydroxylation sites is 1. The lowest BCUT2D eigenvalue weighted by atomic mass is 10.1. The molecule has 0 aliphatic carbocycles. The number of hydrogen-bond acceptors (Lipinski definition) is 5. The van der Waals surface area contributed by atoms with Crippen molar-refractivity contribution in [3.05, 3.63) is 108 Å². The van der Waals surface area contributed by atoms with Gasteiger partial charge in [-0.2, -0.15) is 0 Å². The Labute approximate surface area is 190 Å². The highest BCUT2D eigenvalue weighted by Crippen LogP contribution is 2.33. The quantitative estimate of drug-likeness (QED) is 0.316. The average Bonchev–Trinajstić information content (AvgIpc) is 3.29. The van der Waals surface area contributed by atoms with Gasteiger partial charge in [0.1, 0.15) is 18.1 Å². The maximum absolute atomic E-state index is 12.7.